The summed E-state index contributed by atoms with van der Waals surface area (Å²) in [5.74, 6) is 0.474. The molecule has 3 N–H and O–H groups in total. The number of benzene rings is 1. The Hall–Kier alpha value is -1.70. The molecule has 0 radical (unpaired) electrons. The van der Waals surface area contributed by atoms with Crippen molar-refractivity contribution in [1.82, 2.24) is 9.36 Å². The number of aromatic nitrogens is 2. The number of anilines is 1. The third-order valence-electron chi connectivity index (χ3n) is 3.77. The van der Waals surface area contributed by atoms with Crippen molar-refractivity contribution in [2.45, 2.75) is 19.4 Å². The molecule has 1 atom stereocenters. The molecule has 1 heterocycles. The summed E-state index contributed by atoms with van der Waals surface area (Å²) < 4.78 is 3.25. The molecular formula is C16H23ClN4O2S. The molecule has 1 aromatic heterocycles. The summed E-state index contributed by atoms with van der Waals surface area (Å²) in [4.78, 5) is 24.8. The Morgan fingerprint density at radius 2 is 1.96 bits per heavy atom. The van der Waals surface area contributed by atoms with Crippen LogP contribution in [0.25, 0.3) is 5.69 Å². The third kappa shape index (κ3) is 4.23. The maximum absolute atomic E-state index is 12.7. The van der Waals surface area contributed by atoms with Gasteiger partial charge in [-0.1, -0.05) is 18.2 Å². The SMILES string of the molecule is CSCC[C@H](N)C(=O)Nc1c(C)n(C)n(-c2ccccc2)c1=O.Cl. The Labute approximate surface area is 151 Å². The van der Waals surface area contributed by atoms with Crippen molar-refractivity contribution in [2.75, 3.05) is 17.3 Å². The highest BCUT2D eigenvalue weighted by atomic mass is 35.5. The zero-order chi connectivity index (χ0) is 17.0. The summed E-state index contributed by atoms with van der Waals surface area (Å²) in [5.41, 5.74) is 7.31. The van der Waals surface area contributed by atoms with Crippen molar-refractivity contribution in [3.63, 3.8) is 0 Å². The Kier molecular flexibility index (Phi) is 7.59. The molecule has 0 saturated carbocycles. The van der Waals surface area contributed by atoms with Gasteiger partial charge in [-0.05, 0) is 37.5 Å². The number of rotatable bonds is 6. The summed E-state index contributed by atoms with van der Waals surface area (Å²) in [6.07, 6.45) is 2.54. The number of nitrogens with one attached hydrogen (secondary N) is 1. The van der Waals surface area contributed by atoms with Crippen LogP contribution >= 0.6 is 24.2 Å². The lowest BCUT2D eigenvalue weighted by Crippen LogP contribution is -2.37. The number of hydrogen-bond donors (Lipinski definition) is 2. The van der Waals surface area contributed by atoms with E-state index in [2.05, 4.69) is 5.32 Å². The molecule has 0 aliphatic heterocycles. The van der Waals surface area contributed by atoms with Crippen LogP contribution in [0.3, 0.4) is 0 Å². The van der Waals surface area contributed by atoms with E-state index in [1.807, 2.05) is 36.6 Å². The van der Waals surface area contributed by atoms with Gasteiger partial charge in [-0.3, -0.25) is 14.3 Å². The second-order valence-electron chi connectivity index (χ2n) is 5.31. The highest BCUT2D eigenvalue weighted by Gasteiger charge is 2.20. The number of carbonyl (C=O) groups is 1. The molecule has 0 fully saturated rings. The highest BCUT2D eigenvalue weighted by molar-refractivity contribution is 7.98. The molecule has 6 nitrogen and oxygen atoms in total. The number of halogens is 1. The normalized spacial score (nSPS) is 11.7. The van der Waals surface area contributed by atoms with E-state index < -0.39 is 6.04 Å². The molecule has 8 heteroatoms. The number of amides is 1. The van der Waals surface area contributed by atoms with Crippen LogP contribution in [-0.2, 0) is 11.8 Å². The van der Waals surface area contributed by atoms with Crippen LogP contribution in [0.5, 0.6) is 0 Å². The number of para-hydroxylation sites is 1. The maximum Gasteiger partial charge on any atom is 0.295 e. The van der Waals surface area contributed by atoms with Crippen molar-refractivity contribution < 1.29 is 4.79 Å². The largest absolute Gasteiger partial charge is 0.320 e. The highest BCUT2D eigenvalue weighted by Crippen LogP contribution is 2.14. The standard InChI is InChI=1S/C16H22N4O2S.ClH/c1-11-14(18-15(21)13(17)9-10-23-3)16(22)20(19(11)2)12-7-5-4-6-8-12;/h4-8,13H,9-10,17H2,1-3H3,(H,18,21);1H/t13-;/m0./s1. The molecule has 1 amide bonds. The van der Waals surface area contributed by atoms with Gasteiger partial charge >= 0.3 is 0 Å². The summed E-state index contributed by atoms with van der Waals surface area (Å²) in [7, 11) is 1.78. The summed E-state index contributed by atoms with van der Waals surface area (Å²) in [6.45, 7) is 1.80. The Morgan fingerprint density at radius 1 is 1.33 bits per heavy atom. The topological polar surface area (TPSA) is 82.1 Å². The number of thioether (sulfide) groups is 1. The molecule has 0 saturated heterocycles. The van der Waals surface area contributed by atoms with Crippen LogP contribution in [0.2, 0.25) is 0 Å². The van der Waals surface area contributed by atoms with E-state index in [-0.39, 0.29) is 29.6 Å². The summed E-state index contributed by atoms with van der Waals surface area (Å²) >= 11 is 1.63. The fourth-order valence-electron chi connectivity index (χ4n) is 2.30. The van der Waals surface area contributed by atoms with Gasteiger partial charge in [0.1, 0.15) is 5.69 Å². The van der Waals surface area contributed by atoms with Gasteiger partial charge in [0.25, 0.3) is 5.56 Å². The molecule has 132 valence electrons. The summed E-state index contributed by atoms with van der Waals surface area (Å²) in [5, 5.41) is 2.69. The van der Waals surface area contributed by atoms with Crippen LogP contribution in [-0.4, -0.2) is 33.3 Å². The smallest absolute Gasteiger partial charge is 0.295 e. The average molecular weight is 371 g/mol. The van der Waals surface area contributed by atoms with E-state index in [1.54, 1.807) is 30.4 Å². The van der Waals surface area contributed by atoms with Crippen molar-refractivity contribution in [3.8, 4) is 5.69 Å². The van der Waals surface area contributed by atoms with Crippen molar-refractivity contribution in [3.05, 3.63) is 46.4 Å². The molecule has 1 aromatic carbocycles. The van der Waals surface area contributed by atoms with Gasteiger partial charge in [0.05, 0.1) is 17.4 Å². The minimum absolute atomic E-state index is 0. The Balaban J connectivity index is 0.00000288. The van der Waals surface area contributed by atoms with E-state index in [9.17, 15) is 9.59 Å². The molecule has 2 rings (SSSR count). The Bertz CT molecular complexity index is 743. The van der Waals surface area contributed by atoms with Crippen LogP contribution < -0.4 is 16.6 Å². The second kappa shape index (κ2) is 8.96. The zero-order valence-electron chi connectivity index (χ0n) is 14.0. The van der Waals surface area contributed by atoms with Crippen LogP contribution in [0.1, 0.15) is 12.1 Å². The van der Waals surface area contributed by atoms with E-state index in [1.165, 1.54) is 4.68 Å². The molecule has 2 aromatic rings. The fraction of sp³-hybridized carbons (Fsp3) is 0.375. The van der Waals surface area contributed by atoms with Crippen molar-refractivity contribution >= 4 is 35.8 Å². The van der Waals surface area contributed by atoms with Gasteiger partial charge in [0.15, 0.2) is 0 Å². The average Bonchev–Trinajstić information content (AvgIpc) is 2.77. The minimum atomic E-state index is -0.619. The van der Waals surface area contributed by atoms with E-state index in [0.717, 1.165) is 11.4 Å². The number of nitrogens with zero attached hydrogens (tertiary/aromatic N) is 2. The predicted octanol–water partition coefficient (Wildman–Crippen LogP) is 1.93. The first-order chi connectivity index (χ1) is 11.0. The molecule has 24 heavy (non-hydrogen) atoms. The molecule has 0 spiro atoms. The number of nitrogens with two attached hydrogens (primary N) is 1. The lowest BCUT2D eigenvalue weighted by molar-refractivity contribution is -0.117. The maximum atomic E-state index is 12.7. The second-order valence-corrected chi connectivity index (χ2v) is 6.30. The molecule has 0 bridgehead atoms. The first-order valence-electron chi connectivity index (χ1n) is 7.36. The number of hydrogen-bond acceptors (Lipinski definition) is 4. The molecule has 0 aliphatic carbocycles. The quantitative estimate of drug-likeness (QED) is 0.813. The number of carbonyl (C=O) groups excluding carboxylic acids is 1. The van der Waals surface area contributed by atoms with Gasteiger partial charge in [-0.2, -0.15) is 11.8 Å². The van der Waals surface area contributed by atoms with E-state index in [4.69, 9.17) is 5.73 Å². The first-order valence-corrected chi connectivity index (χ1v) is 8.76. The monoisotopic (exact) mass is 370 g/mol. The van der Waals surface area contributed by atoms with Crippen LogP contribution in [0.4, 0.5) is 5.69 Å². The van der Waals surface area contributed by atoms with Crippen molar-refractivity contribution in [2.24, 2.45) is 12.8 Å². The predicted molar refractivity (Wildman–Crippen MR) is 103 cm³/mol. The van der Waals surface area contributed by atoms with Crippen LogP contribution in [0.15, 0.2) is 35.1 Å². The van der Waals surface area contributed by atoms with Gasteiger partial charge in [0.2, 0.25) is 5.91 Å². The lowest BCUT2D eigenvalue weighted by Gasteiger charge is -2.10. The molecular weight excluding hydrogens is 348 g/mol. The van der Waals surface area contributed by atoms with E-state index in [0.29, 0.717) is 12.1 Å². The minimum Gasteiger partial charge on any atom is -0.320 e. The van der Waals surface area contributed by atoms with Gasteiger partial charge in [0, 0.05) is 7.05 Å². The fourth-order valence-corrected chi connectivity index (χ4v) is 2.79. The van der Waals surface area contributed by atoms with Gasteiger partial charge in [-0.25, -0.2) is 4.68 Å². The van der Waals surface area contributed by atoms with E-state index >= 15 is 0 Å². The first kappa shape index (κ1) is 20.3. The third-order valence-corrected chi connectivity index (χ3v) is 4.42. The zero-order valence-corrected chi connectivity index (χ0v) is 15.6. The molecule has 0 aliphatic rings. The summed E-state index contributed by atoms with van der Waals surface area (Å²) in [6, 6.07) is 8.68. The lowest BCUT2D eigenvalue weighted by atomic mass is 10.2. The molecule has 0 unspecified atom stereocenters. The van der Waals surface area contributed by atoms with Gasteiger partial charge in [-0.15, -0.1) is 12.4 Å². The van der Waals surface area contributed by atoms with Gasteiger partial charge < -0.3 is 11.1 Å². The Morgan fingerprint density at radius 3 is 2.54 bits per heavy atom. The van der Waals surface area contributed by atoms with Crippen molar-refractivity contribution in [1.29, 1.82) is 0 Å². The van der Waals surface area contributed by atoms with Crippen LogP contribution in [0, 0.1) is 6.92 Å².